The fraction of sp³-hybridized carbons (Fsp3) is 0.286. The van der Waals surface area contributed by atoms with Gasteiger partial charge in [0.25, 0.3) is 0 Å². The highest BCUT2D eigenvalue weighted by Gasteiger charge is 2.30. The Labute approximate surface area is 164 Å². The molecule has 1 aliphatic heterocycles. The number of rotatable bonds is 3. The van der Waals surface area contributed by atoms with Crippen LogP contribution < -0.4 is 0 Å². The van der Waals surface area contributed by atoms with Gasteiger partial charge < -0.3 is 9.30 Å². The summed E-state index contributed by atoms with van der Waals surface area (Å²) in [6.07, 6.45) is 4.08. The van der Waals surface area contributed by atoms with Crippen LogP contribution in [0.15, 0.2) is 58.5 Å². The van der Waals surface area contributed by atoms with Crippen LogP contribution in [-0.2, 0) is 4.74 Å². The third-order valence-corrected chi connectivity index (χ3v) is 6.69. The molecule has 1 atom stereocenters. The second kappa shape index (κ2) is 6.80. The molecule has 0 aliphatic carbocycles. The second-order valence-electron chi connectivity index (χ2n) is 6.83. The fourth-order valence-electron chi connectivity index (χ4n) is 4.20. The van der Waals surface area contributed by atoms with E-state index in [9.17, 15) is 0 Å². The topological polar surface area (TPSA) is 27.1 Å². The summed E-state index contributed by atoms with van der Waals surface area (Å²) in [6, 6.07) is 15.7. The molecule has 132 valence electrons. The molecule has 4 aromatic rings. The van der Waals surface area contributed by atoms with Crippen LogP contribution in [0.1, 0.15) is 24.4 Å². The lowest BCUT2D eigenvalue weighted by Gasteiger charge is -2.33. The van der Waals surface area contributed by atoms with E-state index in [1.165, 1.54) is 21.3 Å². The normalized spacial score (nSPS) is 17.1. The van der Waals surface area contributed by atoms with Crippen molar-refractivity contribution in [1.29, 1.82) is 0 Å². The van der Waals surface area contributed by atoms with Gasteiger partial charge in [-0.25, -0.2) is 0 Å². The van der Waals surface area contributed by atoms with Gasteiger partial charge >= 0.3 is 0 Å². The summed E-state index contributed by atoms with van der Waals surface area (Å²) in [5, 5.41) is 2.18. The highest BCUT2D eigenvalue weighted by atomic mass is 79.9. The molecular weight excluding hydrogens is 408 g/mol. The first kappa shape index (κ1) is 16.5. The lowest BCUT2D eigenvalue weighted by atomic mass is 9.86. The molecule has 5 rings (SSSR count). The zero-order valence-corrected chi connectivity index (χ0v) is 16.7. The Balaban J connectivity index is 1.80. The number of benzene rings is 1. The predicted octanol–water partition coefficient (Wildman–Crippen LogP) is 6.03. The molecule has 1 unspecified atom stereocenters. The first-order valence-electron chi connectivity index (χ1n) is 8.98. The number of aromatic nitrogens is 2. The number of halogens is 1. The molecular formula is C21H19BrN2OS. The van der Waals surface area contributed by atoms with Crippen molar-refractivity contribution < 1.29 is 4.74 Å². The highest BCUT2D eigenvalue weighted by Crippen LogP contribution is 2.42. The molecule has 3 aromatic heterocycles. The molecule has 1 aromatic carbocycles. The van der Waals surface area contributed by atoms with Crippen molar-refractivity contribution in [1.82, 2.24) is 9.55 Å². The van der Waals surface area contributed by atoms with Gasteiger partial charge in [-0.15, -0.1) is 11.3 Å². The predicted molar refractivity (Wildman–Crippen MR) is 111 cm³/mol. The maximum atomic E-state index is 5.66. The molecule has 0 saturated carbocycles. The first-order chi connectivity index (χ1) is 12.8. The van der Waals surface area contributed by atoms with Gasteiger partial charge in [-0.3, -0.25) is 4.98 Å². The minimum Gasteiger partial charge on any atom is -0.381 e. The summed E-state index contributed by atoms with van der Waals surface area (Å²) in [5.74, 6) is 0.559. The van der Waals surface area contributed by atoms with Gasteiger partial charge in [-0.1, -0.05) is 30.3 Å². The number of thiophene rings is 1. The summed E-state index contributed by atoms with van der Waals surface area (Å²) in [6.45, 7) is 1.70. The van der Waals surface area contributed by atoms with Crippen LogP contribution in [0.25, 0.3) is 21.3 Å². The van der Waals surface area contributed by atoms with E-state index in [1.807, 2.05) is 6.20 Å². The Morgan fingerprint density at radius 3 is 2.73 bits per heavy atom. The standard InChI is InChI=1S/C21H19BrN2OS/c22-16-12-18-19(23-13-16)21-17(8-11-26-21)24(18)20(14-4-2-1-3-5-14)15-6-9-25-10-7-15/h1-5,8,11-13,15,20H,6-7,9-10H2. The number of hydrogen-bond acceptors (Lipinski definition) is 3. The molecule has 5 heteroatoms. The van der Waals surface area contributed by atoms with Crippen molar-refractivity contribution in [3.63, 3.8) is 0 Å². The quantitative estimate of drug-likeness (QED) is 0.399. The third-order valence-electron chi connectivity index (χ3n) is 5.34. The Morgan fingerprint density at radius 2 is 1.92 bits per heavy atom. The molecule has 0 spiro atoms. The number of nitrogens with zero attached hydrogens (tertiary/aromatic N) is 2. The number of fused-ring (bicyclic) bond motifs is 3. The van der Waals surface area contributed by atoms with Gasteiger partial charge in [0.2, 0.25) is 0 Å². The van der Waals surface area contributed by atoms with Gasteiger partial charge in [0, 0.05) is 23.9 Å². The van der Waals surface area contributed by atoms with Crippen LogP contribution in [0.5, 0.6) is 0 Å². The Hall–Kier alpha value is -1.69. The minimum absolute atomic E-state index is 0.297. The molecule has 4 heterocycles. The maximum absolute atomic E-state index is 5.66. The van der Waals surface area contributed by atoms with Crippen LogP contribution in [-0.4, -0.2) is 22.8 Å². The third kappa shape index (κ3) is 2.70. The average Bonchev–Trinajstić information content (AvgIpc) is 3.26. The molecule has 1 aliphatic rings. The maximum Gasteiger partial charge on any atom is 0.106 e. The van der Waals surface area contributed by atoms with Crippen molar-refractivity contribution in [2.45, 2.75) is 18.9 Å². The van der Waals surface area contributed by atoms with E-state index in [2.05, 4.69) is 68.3 Å². The summed E-state index contributed by atoms with van der Waals surface area (Å²) >= 11 is 5.40. The van der Waals surface area contributed by atoms with Gasteiger partial charge in [0.05, 0.1) is 21.8 Å². The zero-order valence-electron chi connectivity index (χ0n) is 14.3. The van der Waals surface area contributed by atoms with E-state index in [0.29, 0.717) is 12.0 Å². The monoisotopic (exact) mass is 426 g/mol. The lowest BCUT2D eigenvalue weighted by Crippen LogP contribution is -2.26. The zero-order chi connectivity index (χ0) is 17.5. The van der Waals surface area contributed by atoms with E-state index >= 15 is 0 Å². The molecule has 0 N–H and O–H groups in total. The molecule has 0 bridgehead atoms. The summed E-state index contributed by atoms with van der Waals surface area (Å²) < 4.78 is 10.5. The van der Waals surface area contributed by atoms with Crippen molar-refractivity contribution in [2.75, 3.05) is 13.2 Å². The SMILES string of the molecule is Brc1cnc2c3sccc3n(C(c3ccccc3)C3CCOCC3)c2c1. The molecule has 0 radical (unpaired) electrons. The average molecular weight is 427 g/mol. The Kier molecular flexibility index (Phi) is 4.31. The van der Waals surface area contributed by atoms with Crippen molar-refractivity contribution in [3.05, 3.63) is 64.1 Å². The van der Waals surface area contributed by atoms with Gasteiger partial charge in [-0.2, -0.15) is 0 Å². The van der Waals surface area contributed by atoms with Crippen molar-refractivity contribution in [3.8, 4) is 0 Å². The molecule has 0 amide bonds. The van der Waals surface area contributed by atoms with Crippen LogP contribution in [0, 0.1) is 5.92 Å². The number of hydrogen-bond donors (Lipinski definition) is 0. The highest BCUT2D eigenvalue weighted by molar-refractivity contribution is 9.10. The second-order valence-corrected chi connectivity index (χ2v) is 8.66. The van der Waals surface area contributed by atoms with Crippen molar-refractivity contribution >= 4 is 48.5 Å². The van der Waals surface area contributed by atoms with Gasteiger partial charge in [-0.05, 0) is 57.8 Å². The summed E-state index contributed by atoms with van der Waals surface area (Å²) in [7, 11) is 0. The molecule has 3 nitrogen and oxygen atoms in total. The smallest absolute Gasteiger partial charge is 0.106 e. The molecule has 1 fully saturated rings. The van der Waals surface area contributed by atoms with Gasteiger partial charge in [0.1, 0.15) is 5.52 Å². The van der Waals surface area contributed by atoms with Crippen LogP contribution in [0.3, 0.4) is 0 Å². The van der Waals surface area contributed by atoms with E-state index in [-0.39, 0.29) is 0 Å². The van der Waals surface area contributed by atoms with Gasteiger partial charge in [0.15, 0.2) is 0 Å². The van der Waals surface area contributed by atoms with Crippen LogP contribution in [0.4, 0.5) is 0 Å². The summed E-state index contributed by atoms with van der Waals surface area (Å²) in [4.78, 5) is 4.74. The minimum atomic E-state index is 0.297. The fourth-order valence-corrected chi connectivity index (χ4v) is 5.41. The van der Waals surface area contributed by atoms with Crippen LogP contribution >= 0.6 is 27.3 Å². The lowest BCUT2D eigenvalue weighted by molar-refractivity contribution is 0.0553. The number of ether oxygens (including phenoxy) is 1. The van der Waals surface area contributed by atoms with E-state index in [4.69, 9.17) is 9.72 Å². The Morgan fingerprint density at radius 1 is 1.12 bits per heavy atom. The first-order valence-corrected chi connectivity index (χ1v) is 10.7. The molecule has 26 heavy (non-hydrogen) atoms. The number of pyridine rings is 1. The van der Waals surface area contributed by atoms with Crippen molar-refractivity contribution in [2.24, 2.45) is 5.92 Å². The Bertz CT molecular complexity index is 1050. The largest absolute Gasteiger partial charge is 0.381 e. The summed E-state index contributed by atoms with van der Waals surface area (Å²) in [5.41, 5.74) is 4.97. The molecule has 1 saturated heterocycles. The van der Waals surface area contributed by atoms with Crippen LogP contribution in [0.2, 0.25) is 0 Å². The van der Waals surface area contributed by atoms with E-state index in [0.717, 1.165) is 36.0 Å². The van der Waals surface area contributed by atoms with E-state index in [1.54, 1.807) is 11.3 Å². The van der Waals surface area contributed by atoms with E-state index < -0.39 is 0 Å².